The molecule has 0 aliphatic heterocycles. The van der Waals surface area contributed by atoms with E-state index in [2.05, 4.69) is 12.3 Å². The number of aliphatic carboxylic acids is 1. The molecule has 0 aliphatic rings. The Balaban J connectivity index is 0. The van der Waals surface area contributed by atoms with Gasteiger partial charge in [0.2, 0.25) is 5.91 Å². The summed E-state index contributed by atoms with van der Waals surface area (Å²) in [4.78, 5) is 19.5. The van der Waals surface area contributed by atoms with Gasteiger partial charge in [-0.3, -0.25) is 9.59 Å². The first-order chi connectivity index (χ1) is 6.45. The summed E-state index contributed by atoms with van der Waals surface area (Å²) in [5.74, 6) is -1.44. The van der Waals surface area contributed by atoms with Gasteiger partial charge in [-0.2, -0.15) is 0 Å². The van der Waals surface area contributed by atoms with Crippen LogP contribution in [0.15, 0.2) is 12.7 Å². The molecule has 0 radical (unpaired) electrons. The lowest BCUT2D eigenvalue weighted by Crippen LogP contribution is -2.30. The molecule has 0 saturated carbocycles. The minimum absolute atomic E-state index is 0.464. The molecule has 0 aromatic heterocycles. The summed E-state index contributed by atoms with van der Waals surface area (Å²) in [5.41, 5.74) is 14.8. The summed E-state index contributed by atoms with van der Waals surface area (Å²) in [6.07, 6.45) is 2.19. The van der Waals surface area contributed by atoms with Gasteiger partial charge in [0.15, 0.2) is 0 Å². The lowest BCUT2D eigenvalue weighted by atomic mass is 10.2. The lowest BCUT2D eigenvalue weighted by molar-refractivity contribution is -0.138. The summed E-state index contributed by atoms with van der Waals surface area (Å²) in [7, 11) is 0. The predicted octanol–water partition coefficient (Wildman–Crippen LogP) is -1.21. The van der Waals surface area contributed by atoms with E-state index in [0.717, 1.165) is 6.08 Å². The van der Waals surface area contributed by atoms with E-state index in [0.29, 0.717) is 19.4 Å². The molecule has 7 N–H and O–H groups in total. The molecule has 82 valence electrons. The Morgan fingerprint density at radius 3 is 2.14 bits per heavy atom. The second kappa shape index (κ2) is 9.69. The number of hydrogen-bond donors (Lipinski definition) is 4. The molecule has 0 saturated heterocycles. The van der Waals surface area contributed by atoms with Gasteiger partial charge < -0.3 is 22.3 Å². The van der Waals surface area contributed by atoms with Crippen LogP contribution in [0.25, 0.3) is 0 Å². The van der Waals surface area contributed by atoms with Gasteiger partial charge in [0.25, 0.3) is 0 Å². The molecule has 14 heavy (non-hydrogen) atoms. The van der Waals surface area contributed by atoms with E-state index in [1.54, 1.807) is 0 Å². The first-order valence-corrected chi connectivity index (χ1v) is 4.06. The minimum atomic E-state index is -0.955. The first kappa shape index (κ1) is 15.1. The highest BCUT2D eigenvalue weighted by Gasteiger charge is 2.08. The number of carboxylic acid groups (broad SMARTS) is 1. The largest absolute Gasteiger partial charge is 0.480 e. The summed E-state index contributed by atoms with van der Waals surface area (Å²) in [5, 5.41) is 8.24. The lowest BCUT2D eigenvalue weighted by Gasteiger charge is -2.02. The molecule has 6 heteroatoms. The summed E-state index contributed by atoms with van der Waals surface area (Å²) in [6, 6.07) is -0.742. The van der Waals surface area contributed by atoms with E-state index in [1.165, 1.54) is 0 Å². The van der Waals surface area contributed by atoms with Crippen LogP contribution in [0, 0.1) is 0 Å². The van der Waals surface area contributed by atoms with E-state index in [-0.39, 0.29) is 0 Å². The van der Waals surface area contributed by atoms with Crippen molar-refractivity contribution in [3.05, 3.63) is 12.7 Å². The number of hydrogen-bond acceptors (Lipinski definition) is 4. The Morgan fingerprint density at radius 1 is 1.50 bits per heavy atom. The molecule has 0 spiro atoms. The highest BCUT2D eigenvalue weighted by Crippen LogP contribution is 1.91. The van der Waals surface area contributed by atoms with Crippen LogP contribution in [0.2, 0.25) is 0 Å². The van der Waals surface area contributed by atoms with E-state index < -0.39 is 17.9 Å². The highest BCUT2D eigenvalue weighted by molar-refractivity contribution is 5.84. The van der Waals surface area contributed by atoms with Gasteiger partial charge in [-0.15, -0.1) is 0 Å². The number of carbonyl (C=O) groups excluding carboxylic acids is 1. The highest BCUT2D eigenvalue weighted by atomic mass is 16.4. The molecule has 0 bridgehead atoms. The van der Waals surface area contributed by atoms with Crippen molar-refractivity contribution in [3.63, 3.8) is 0 Å². The average Bonchev–Trinajstić information content (AvgIpc) is 2.14. The van der Waals surface area contributed by atoms with Gasteiger partial charge in [-0.25, -0.2) is 0 Å². The van der Waals surface area contributed by atoms with Crippen molar-refractivity contribution in [3.8, 4) is 0 Å². The Bertz CT molecular complexity index is 194. The van der Waals surface area contributed by atoms with E-state index >= 15 is 0 Å². The van der Waals surface area contributed by atoms with Gasteiger partial charge in [0.05, 0.1) is 0 Å². The molecule has 1 atom stereocenters. The van der Waals surface area contributed by atoms with Crippen molar-refractivity contribution < 1.29 is 14.7 Å². The SMILES string of the molecule is C=CC(N)=O.NCCC[C@H](N)C(=O)O. The second-order valence-corrected chi connectivity index (χ2v) is 2.48. The van der Waals surface area contributed by atoms with Crippen molar-refractivity contribution in [2.45, 2.75) is 18.9 Å². The Morgan fingerprint density at radius 2 is 1.93 bits per heavy atom. The van der Waals surface area contributed by atoms with Crippen LogP contribution in [0.5, 0.6) is 0 Å². The zero-order valence-electron chi connectivity index (χ0n) is 7.98. The van der Waals surface area contributed by atoms with Crippen LogP contribution in [0.1, 0.15) is 12.8 Å². The first-order valence-electron chi connectivity index (χ1n) is 4.06. The topological polar surface area (TPSA) is 132 Å². The third kappa shape index (κ3) is 13.2. The number of amides is 1. The normalized spacial score (nSPS) is 10.7. The van der Waals surface area contributed by atoms with Gasteiger partial charge in [-0.1, -0.05) is 6.58 Å². The zero-order valence-corrected chi connectivity index (χ0v) is 7.98. The number of primary amides is 1. The Hall–Kier alpha value is -1.40. The minimum Gasteiger partial charge on any atom is -0.480 e. The molecule has 0 aromatic carbocycles. The van der Waals surface area contributed by atoms with Crippen molar-refractivity contribution in [2.75, 3.05) is 6.54 Å². The summed E-state index contributed by atoms with van der Waals surface area (Å²) >= 11 is 0. The quantitative estimate of drug-likeness (QED) is 0.416. The Kier molecular flexibility index (Phi) is 10.4. The third-order valence-corrected chi connectivity index (χ3v) is 1.24. The summed E-state index contributed by atoms with van der Waals surface area (Å²) < 4.78 is 0. The fraction of sp³-hybridized carbons (Fsp3) is 0.500. The van der Waals surface area contributed by atoms with Crippen molar-refractivity contribution in [1.29, 1.82) is 0 Å². The third-order valence-electron chi connectivity index (χ3n) is 1.24. The maximum absolute atomic E-state index is 10.0. The second-order valence-electron chi connectivity index (χ2n) is 2.48. The van der Waals surface area contributed by atoms with Gasteiger partial charge in [-0.05, 0) is 25.5 Å². The van der Waals surface area contributed by atoms with Crippen LogP contribution in [0.4, 0.5) is 0 Å². The summed E-state index contributed by atoms with van der Waals surface area (Å²) in [6.45, 7) is 3.59. The van der Waals surface area contributed by atoms with Gasteiger partial charge >= 0.3 is 5.97 Å². The zero-order chi connectivity index (χ0) is 11.6. The fourth-order valence-electron chi connectivity index (χ4n) is 0.461. The van der Waals surface area contributed by atoms with Gasteiger partial charge in [0, 0.05) is 0 Å². The molecule has 0 fully saturated rings. The molecular weight excluding hydrogens is 186 g/mol. The monoisotopic (exact) mass is 203 g/mol. The van der Waals surface area contributed by atoms with Crippen molar-refractivity contribution in [2.24, 2.45) is 17.2 Å². The van der Waals surface area contributed by atoms with Crippen molar-refractivity contribution in [1.82, 2.24) is 0 Å². The maximum Gasteiger partial charge on any atom is 0.320 e. The molecule has 0 aliphatic carbocycles. The number of nitrogens with two attached hydrogens (primary N) is 3. The average molecular weight is 203 g/mol. The smallest absolute Gasteiger partial charge is 0.320 e. The van der Waals surface area contributed by atoms with Crippen LogP contribution >= 0.6 is 0 Å². The van der Waals surface area contributed by atoms with Crippen LogP contribution < -0.4 is 17.2 Å². The van der Waals surface area contributed by atoms with Crippen LogP contribution in [-0.4, -0.2) is 29.6 Å². The van der Waals surface area contributed by atoms with E-state index in [1.807, 2.05) is 0 Å². The van der Waals surface area contributed by atoms with Gasteiger partial charge in [0.1, 0.15) is 6.04 Å². The molecule has 0 aromatic rings. The fourth-order valence-corrected chi connectivity index (χ4v) is 0.461. The molecular formula is C8H17N3O3. The molecule has 0 unspecified atom stereocenters. The number of carboxylic acids is 1. The number of carbonyl (C=O) groups is 2. The maximum atomic E-state index is 10.0. The van der Waals surface area contributed by atoms with Crippen LogP contribution in [-0.2, 0) is 9.59 Å². The van der Waals surface area contributed by atoms with Crippen molar-refractivity contribution >= 4 is 11.9 Å². The Labute approximate surface area is 82.7 Å². The standard InChI is InChI=1S/C5H12N2O2.C3H5NO/c6-3-1-2-4(7)5(8)9;1-2-3(4)5/h4H,1-3,6-7H2,(H,8,9);2H,1H2,(H2,4,5)/t4-;/m0./s1. The number of rotatable bonds is 5. The van der Waals surface area contributed by atoms with Crippen LogP contribution in [0.3, 0.4) is 0 Å². The molecule has 6 nitrogen and oxygen atoms in total. The molecule has 0 rings (SSSR count). The molecule has 0 heterocycles. The molecule has 1 amide bonds. The predicted molar refractivity (Wildman–Crippen MR) is 53.3 cm³/mol. The van der Waals surface area contributed by atoms with E-state index in [9.17, 15) is 9.59 Å². The van der Waals surface area contributed by atoms with E-state index in [4.69, 9.17) is 16.6 Å².